The van der Waals surface area contributed by atoms with Crippen molar-refractivity contribution in [3.05, 3.63) is 193 Å². The molecule has 1 heteroatoms. The van der Waals surface area contributed by atoms with Gasteiger partial charge in [0.25, 0.3) is 0 Å². The van der Waals surface area contributed by atoms with E-state index in [-0.39, 0.29) is 5.41 Å². The van der Waals surface area contributed by atoms with Crippen LogP contribution < -0.4 is 0 Å². The van der Waals surface area contributed by atoms with Gasteiger partial charge in [-0.2, -0.15) is 0 Å². The molecule has 0 saturated carbocycles. The maximum absolute atomic E-state index is 6.45. The fourth-order valence-corrected chi connectivity index (χ4v) is 10.9. The van der Waals surface area contributed by atoms with Crippen LogP contribution in [0, 0.1) is 0 Å². The van der Waals surface area contributed by atoms with E-state index in [1.807, 2.05) is 0 Å². The van der Waals surface area contributed by atoms with Gasteiger partial charge in [-0.3, -0.25) is 0 Å². The first-order valence-corrected chi connectivity index (χ1v) is 20.3. The van der Waals surface area contributed by atoms with E-state index in [4.69, 9.17) is 4.42 Å². The summed E-state index contributed by atoms with van der Waals surface area (Å²) >= 11 is 0. The molecule has 270 valence electrons. The molecule has 12 aromatic rings. The van der Waals surface area contributed by atoms with E-state index in [0.29, 0.717) is 0 Å². The molecule has 1 aliphatic rings. The van der Waals surface area contributed by atoms with Crippen LogP contribution in [0.1, 0.15) is 25.0 Å². The molecule has 0 N–H and O–H groups in total. The van der Waals surface area contributed by atoms with Crippen molar-refractivity contribution in [1.29, 1.82) is 0 Å². The summed E-state index contributed by atoms with van der Waals surface area (Å²) in [5.74, 6) is 0. The number of hydrogen-bond donors (Lipinski definition) is 0. The van der Waals surface area contributed by atoms with Gasteiger partial charge in [-0.1, -0.05) is 172 Å². The summed E-state index contributed by atoms with van der Waals surface area (Å²) < 4.78 is 6.45. The van der Waals surface area contributed by atoms with E-state index in [1.54, 1.807) is 0 Å². The van der Waals surface area contributed by atoms with Crippen LogP contribution in [0.3, 0.4) is 0 Å². The number of fused-ring (bicyclic) bond motifs is 17. The summed E-state index contributed by atoms with van der Waals surface area (Å²) in [6.07, 6.45) is 0. The van der Waals surface area contributed by atoms with E-state index in [2.05, 4.69) is 196 Å². The number of hydrogen-bond acceptors (Lipinski definition) is 1. The lowest BCUT2D eigenvalue weighted by molar-refractivity contribution is 0.667. The predicted molar refractivity (Wildman–Crippen MR) is 247 cm³/mol. The average molecular weight is 737 g/mol. The van der Waals surface area contributed by atoms with Crippen LogP contribution in [0.15, 0.2) is 186 Å². The second-order valence-corrected chi connectivity index (χ2v) is 16.7. The molecule has 13 rings (SSSR count). The van der Waals surface area contributed by atoms with Crippen LogP contribution in [-0.4, -0.2) is 0 Å². The van der Waals surface area contributed by atoms with Crippen molar-refractivity contribution in [1.82, 2.24) is 0 Å². The molecule has 0 fully saturated rings. The van der Waals surface area contributed by atoms with E-state index in [1.165, 1.54) is 115 Å². The monoisotopic (exact) mass is 736 g/mol. The Labute approximate surface area is 335 Å². The highest BCUT2D eigenvalue weighted by Gasteiger charge is 2.39. The Bertz CT molecular complexity index is 3710. The third kappa shape index (κ3) is 4.15. The molecule has 1 heterocycles. The van der Waals surface area contributed by atoms with Gasteiger partial charge in [0, 0.05) is 16.2 Å². The number of furan rings is 1. The maximum Gasteiger partial charge on any atom is 0.136 e. The lowest BCUT2D eigenvalue weighted by Gasteiger charge is -2.24. The number of benzene rings is 11. The third-order valence-electron chi connectivity index (χ3n) is 13.4. The van der Waals surface area contributed by atoms with E-state index >= 15 is 0 Å². The van der Waals surface area contributed by atoms with Gasteiger partial charge in [-0.25, -0.2) is 0 Å². The molecule has 11 aromatic carbocycles. The van der Waals surface area contributed by atoms with Crippen LogP contribution in [0.2, 0.25) is 0 Å². The van der Waals surface area contributed by atoms with Gasteiger partial charge in [0.1, 0.15) is 11.2 Å². The quantitative estimate of drug-likeness (QED) is 0.127. The lowest BCUT2D eigenvalue weighted by atomic mass is 9.78. The van der Waals surface area contributed by atoms with Crippen LogP contribution in [0.25, 0.3) is 120 Å². The fraction of sp³-hybridized carbons (Fsp3) is 0.0526. The molecule has 1 aliphatic carbocycles. The van der Waals surface area contributed by atoms with Gasteiger partial charge >= 0.3 is 0 Å². The Kier molecular flexibility index (Phi) is 6.29. The highest BCUT2D eigenvalue weighted by molar-refractivity contribution is 6.26. The van der Waals surface area contributed by atoms with Crippen LogP contribution in [0.4, 0.5) is 0 Å². The molecule has 0 bridgehead atoms. The standard InChI is InChI=1S/C57H36O/c1-57(2)48-28-24-33-13-4-6-16-38(33)54(48)55-40-18-8-7-17-39(40)46-31-35(23-27-45(46)56(55)57)51-41-19-9-11-21-43(41)52(44-22-12-10-20-42(44)51)36-26-29-49-47(32-36)53-37-15-5-3-14-34(37)25-30-50(53)58-49/h3-32H,1-2H3. The smallest absolute Gasteiger partial charge is 0.136 e. The average Bonchev–Trinajstić information content (AvgIpc) is 3.77. The summed E-state index contributed by atoms with van der Waals surface area (Å²) in [5, 5.41) is 17.6. The molecule has 0 spiro atoms. The van der Waals surface area contributed by atoms with Crippen molar-refractivity contribution in [2.75, 3.05) is 0 Å². The Hall–Kier alpha value is -7.22. The van der Waals surface area contributed by atoms with Gasteiger partial charge in [0.2, 0.25) is 0 Å². The van der Waals surface area contributed by atoms with Crippen molar-refractivity contribution in [2.45, 2.75) is 19.3 Å². The van der Waals surface area contributed by atoms with E-state index < -0.39 is 0 Å². The predicted octanol–water partition coefficient (Wildman–Crippen LogP) is 16.1. The van der Waals surface area contributed by atoms with Crippen molar-refractivity contribution in [2.24, 2.45) is 0 Å². The highest BCUT2D eigenvalue weighted by Crippen LogP contribution is 2.57. The van der Waals surface area contributed by atoms with Crippen molar-refractivity contribution < 1.29 is 4.42 Å². The van der Waals surface area contributed by atoms with Gasteiger partial charge in [0.05, 0.1) is 0 Å². The minimum absolute atomic E-state index is 0.159. The lowest BCUT2D eigenvalue weighted by Crippen LogP contribution is -2.15. The molecule has 58 heavy (non-hydrogen) atoms. The largest absolute Gasteiger partial charge is 0.456 e. The molecule has 0 radical (unpaired) electrons. The minimum Gasteiger partial charge on any atom is -0.456 e. The van der Waals surface area contributed by atoms with E-state index in [0.717, 1.165) is 16.6 Å². The first kappa shape index (κ1) is 31.9. The Balaban J connectivity index is 1.09. The number of rotatable bonds is 2. The van der Waals surface area contributed by atoms with Gasteiger partial charge in [0.15, 0.2) is 0 Å². The summed E-state index contributed by atoms with van der Waals surface area (Å²) in [5.41, 5.74) is 12.2. The van der Waals surface area contributed by atoms with Crippen molar-refractivity contribution >= 4 is 86.6 Å². The second kappa shape index (κ2) is 11.4. The van der Waals surface area contributed by atoms with E-state index in [9.17, 15) is 0 Å². The summed E-state index contributed by atoms with van der Waals surface area (Å²) in [4.78, 5) is 0. The first-order valence-electron chi connectivity index (χ1n) is 20.3. The normalized spacial score (nSPS) is 13.5. The molecule has 1 nitrogen and oxygen atoms in total. The molecule has 0 amide bonds. The molecule has 1 aromatic heterocycles. The topological polar surface area (TPSA) is 13.1 Å². The highest BCUT2D eigenvalue weighted by atomic mass is 16.3. The molecule has 0 atom stereocenters. The summed E-state index contributed by atoms with van der Waals surface area (Å²) in [6.45, 7) is 4.83. The zero-order valence-corrected chi connectivity index (χ0v) is 32.2. The molecular weight excluding hydrogens is 701 g/mol. The van der Waals surface area contributed by atoms with Gasteiger partial charge in [-0.05, 0) is 133 Å². The van der Waals surface area contributed by atoms with Gasteiger partial charge in [-0.15, -0.1) is 0 Å². The van der Waals surface area contributed by atoms with Crippen molar-refractivity contribution in [3.63, 3.8) is 0 Å². The van der Waals surface area contributed by atoms with Gasteiger partial charge < -0.3 is 4.42 Å². The molecule has 0 unspecified atom stereocenters. The van der Waals surface area contributed by atoms with Crippen molar-refractivity contribution in [3.8, 4) is 33.4 Å². The van der Waals surface area contributed by atoms with Crippen LogP contribution >= 0.6 is 0 Å². The minimum atomic E-state index is -0.159. The Morgan fingerprint density at radius 2 is 0.810 bits per heavy atom. The Morgan fingerprint density at radius 1 is 0.328 bits per heavy atom. The zero-order valence-electron chi connectivity index (χ0n) is 32.2. The molecule has 0 aliphatic heterocycles. The fourth-order valence-electron chi connectivity index (χ4n) is 10.9. The Morgan fingerprint density at radius 3 is 1.47 bits per heavy atom. The molecular formula is C57H36O. The molecule has 0 saturated heterocycles. The summed E-state index contributed by atoms with van der Waals surface area (Å²) in [6, 6.07) is 67.6. The first-order chi connectivity index (χ1) is 28.5. The maximum atomic E-state index is 6.45. The third-order valence-corrected chi connectivity index (χ3v) is 13.4. The summed E-state index contributed by atoms with van der Waals surface area (Å²) in [7, 11) is 0. The SMILES string of the molecule is CC1(C)c2ccc3ccccc3c2-c2c1c1ccc(-c3c4ccccc4c(-c4ccc5oc6ccc7ccccc7c6c5c4)c4ccccc34)cc1c1ccccc21. The second-order valence-electron chi connectivity index (χ2n) is 16.7. The zero-order chi connectivity index (χ0) is 38.3. The van der Waals surface area contributed by atoms with Crippen LogP contribution in [0.5, 0.6) is 0 Å². The van der Waals surface area contributed by atoms with Crippen LogP contribution in [-0.2, 0) is 5.41 Å².